The topological polar surface area (TPSA) is 139 Å². The molecule has 2 aromatic rings. The van der Waals surface area contributed by atoms with E-state index in [9.17, 15) is 14.7 Å². The molecule has 0 aromatic carbocycles. The zero-order chi connectivity index (χ0) is 22.2. The number of ether oxygens (including phenoxy) is 1. The lowest BCUT2D eigenvalue weighted by Crippen LogP contribution is -2.51. The number of rotatable bonds is 8. The van der Waals surface area contributed by atoms with Gasteiger partial charge in [0.05, 0.1) is 25.2 Å². The van der Waals surface area contributed by atoms with Crippen molar-refractivity contribution in [2.75, 3.05) is 18.5 Å². The van der Waals surface area contributed by atoms with E-state index in [1.165, 1.54) is 0 Å². The molecule has 0 bridgehead atoms. The molecule has 10 nitrogen and oxygen atoms in total. The zero-order valence-corrected chi connectivity index (χ0v) is 17.8. The highest BCUT2D eigenvalue weighted by Gasteiger charge is 2.31. The van der Waals surface area contributed by atoms with Gasteiger partial charge in [0.25, 0.3) is 0 Å². The van der Waals surface area contributed by atoms with Crippen molar-refractivity contribution in [3.05, 3.63) is 41.5 Å². The van der Waals surface area contributed by atoms with Gasteiger partial charge in [-0.1, -0.05) is 11.2 Å². The monoisotopic (exact) mass is 431 g/mol. The number of carbonyl (C=O) groups is 2. The molecule has 2 aromatic heterocycles. The summed E-state index contributed by atoms with van der Waals surface area (Å²) in [5, 5.41) is 22.0. The predicted octanol–water partition coefficient (Wildman–Crippen LogP) is 1.47. The highest BCUT2D eigenvalue weighted by molar-refractivity contribution is 5.90. The van der Waals surface area contributed by atoms with Crippen molar-refractivity contribution >= 4 is 17.6 Å². The van der Waals surface area contributed by atoms with Gasteiger partial charge in [0.15, 0.2) is 5.76 Å². The van der Waals surface area contributed by atoms with Gasteiger partial charge in [0, 0.05) is 18.9 Å². The number of nitrogens with one attached hydrogen (secondary N) is 3. The number of aryl methyl sites for hydroxylation is 2. The third-order valence-electron chi connectivity index (χ3n) is 5.25. The van der Waals surface area contributed by atoms with Crippen LogP contribution in [0.5, 0.6) is 0 Å². The molecule has 1 saturated heterocycles. The van der Waals surface area contributed by atoms with E-state index in [-0.39, 0.29) is 37.1 Å². The molecule has 0 aliphatic carbocycles. The summed E-state index contributed by atoms with van der Waals surface area (Å²) in [6.45, 7) is 3.71. The van der Waals surface area contributed by atoms with Crippen molar-refractivity contribution in [2.45, 2.75) is 57.8 Å². The van der Waals surface area contributed by atoms with E-state index in [1.807, 2.05) is 6.07 Å². The molecule has 1 fully saturated rings. The number of urea groups is 1. The van der Waals surface area contributed by atoms with Gasteiger partial charge in [-0.2, -0.15) is 0 Å². The number of aromatic nitrogens is 2. The van der Waals surface area contributed by atoms with Gasteiger partial charge in [-0.05, 0) is 44.7 Å². The smallest absolute Gasteiger partial charge is 0.319 e. The Hall–Kier alpha value is -2.98. The number of carbonyl (C=O) groups excluding carboxylic acids is 2. The molecule has 3 heterocycles. The fraction of sp³-hybridized carbons (Fsp3) is 0.524. The molecule has 1 aliphatic heterocycles. The Balaban J connectivity index is 1.40. The van der Waals surface area contributed by atoms with Crippen LogP contribution in [0.25, 0.3) is 0 Å². The number of pyridine rings is 1. The second kappa shape index (κ2) is 10.9. The van der Waals surface area contributed by atoms with E-state index >= 15 is 0 Å². The average Bonchev–Trinajstić information content (AvgIpc) is 3.07. The first kappa shape index (κ1) is 22.7. The van der Waals surface area contributed by atoms with Gasteiger partial charge in [-0.25, -0.2) is 4.79 Å². The molecule has 1 aliphatic rings. The number of aliphatic hydroxyl groups excluding tert-OH is 1. The number of aliphatic hydroxyl groups is 1. The van der Waals surface area contributed by atoms with Crippen LogP contribution in [0.3, 0.4) is 0 Å². The first-order chi connectivity index (χ1) is 15.0. The van der Waals surface area contributed by atoms with E-state index in [1.54, 1.807) is 32.3 Å². The minimum Gasteiger partial charge on any atom is -0.394 e. The van der Waals surface area contributed by atoms with Crippen LogP contribution in [0.4, 0.5) is 10.5 Å². The number of amides is 3. The molecule has 10 heteroatoms. The normalized spacial score (nSPS) is 20.8. The number of anilines is 1. The third-order valence-corrected chi connectivity index (χ3v) is 5.25. The molecule has 0 unspecified atom stereocenters. The predicted molar refractivity (Wildman–Crippen MR) is 112 cm³/mol. The molecular weight excluding hydrogens is 402 g/mol. The largest absolute Gasteiger partial charge is 0.394 e. The van der Waals surface area contributed by atoms with E-state index in [2.05, 4.69) is 26.1 Å². The van der Waals surface area contributed by atoms with Crippen molar-refractivity contribution in [3.63, 3.8) is 0 Å². The molecule has 3 atom stereocenters. The van der Waals surface area contributed by atoms with Crippen LogP contribution < -0.4 is 16.0 Å². The fourth-order valence-electron chi connectivity index (χ4n) is 3.62. The molecule has 3 amide bonds. The zero-order valence-electron chi connectivity index (χ0n) is 17.8. The van der Waals surface area contributed by atoms with E-state index in [0.29, 0.717) is 36.5 Å². The molecule has 0 spiro atoms. The van der Waals surface area contributed by atoms with Crippen LogP contribution in [0, 0.1) is 13.8 Å². The highest BCUT2D eigenvalue weighted by Crippen LogP contribution is 2.22. The van der Waals surface area contributed by atoms with E-state index in [4.69, 9.17) is 9.26 Å². The van der Waals surface area contributed by atoms with Crippen LogP contribution in [-0.2, 0) is 16.0 Å². The number of nitrogens with zero attached hydrogens (tertiary/aromatic N) is 2. The second-order valence-corrected chi connectivity index (χ2v) is 7.64. The van der Waals surface area contributed by atoms with Gasteiger partial charge in [0.2, 0.25) is 5.91 Å². The minimum absolute atomic E-state index is 0.108. The summed E-state index contributed by atoms with van der Waals surface area (Å²) in [6, 6.07) is 3.04. The molecule has 0 radical (unpaired) electrons. The summed E-state index contributed by atoms with van der Waals surface area (Å²) in [5.41, 5.74) is 2.01. The van der Waals surface area contributed by atoms with Crippen LogP contribution in [0.15, 0.2) is 29.0 Å². The van der Waals surface area contributed by atoms with Crippen molar-refractivity contribution in [1.29, 1.82) is 0 Å². The first-order valence-corrected chi connectivity index (χ1v) is 10.4. The standard InChI is InChI=1S/C21H29N5O5/c1-13-20(14(2)31-26-13)25-21(29)23-9-7-16-5-6-17(18(12-27)30-16)24-19(28)10-15-4-3-8-22-11-15/h3-4,8,11,16-18,27H,5-7,9-10,12H2,1-2H3,(H,24,28)(H2,23,25,29)/t16-,17-,18-/m1/s1. The van der Waals surface area contributed by atoms with Crippen molar-refractivity contribution < 1.29 is 24.0 Å². The van der Waals surface area contributed by atoms with Crippen molar-refractivity contribution in [1.82, 2.24) is 20.8 Å². The fourth-order valence-corrected chi connectivity index (χ4v) is 3.62. The Bertz CT molecular complexity index is 853. The Morgan fingerprint density at radius 1 is 1.29 bits per heavy atom. The summed E-state index contributed by atoms with van der Waals surface area (Å²) in [6.07, 6.45) is 4.98. The molecule has 0 saturated carbocycles. The summed E-state index contributed by atoms with van der Waals surface area (Å²) in [7, 11) is 0. The van der Waals surface area contributed by atoms with Crippen LogP contribution >= 0.6 is 0 Å². The Morgan fingerprint density at radius 2 is 2.13 bits per heavy atom. The minimum atomic E-state index is -0.479. The summed E-state index contributed by atoms with van der Waals surface area (Å²) >= 11 is 0. The summed E-state index contributed by atoms with van der Waals surface area (Å²) in [4.78, 5) is 28.4. The highest BCUT2D eigenvalue weighted by atomic mass is 16.5. The third kappa shape index (κ3) is 6.50. The van der Waals surface area contributed by atoms with Gasteiger partial charge in [-0.3, -0.25) is 9.78 Å². The lowest BCUT2D eigenvalue weighted by molar-refractivity contribution is -0.127. The van der Waals surface area contributed by atoms with Gasteiger partial charge < -0.3 is 30.3 Å². The quantitative estimate of drug-likeness (QED) is 0.496. The van der Waals surface area contributed by atoms with Crippen molar-refractivity contribution in [2.24, 2.45) is 0 Å². The Morgan fingerprint density at radius 3 is 2.81 bits per heavy atom. The Kier molecular flexibility index (Phi) is 7.96. The lowest BCUT2D eigenvalue weighted by atomic mass is 9.97. The molecule has 4 N–H and O–H groups in total. The van der Waals surface area contributed by atoms with Gasteiger partial charge in [-0.15, -0.1) is 0 Å². The van der Waals surface area contributed by atoms with E-state index < -0.39 is 6.10 Å². The van der Waals surface area contributed by atoms with Crippen LogP contribution in [0.2, 0.25) is 0 Å². The van der Waals surface area contributed by atoms with Gasteiger partial charge >= 0.3 is 6.03 Å². The maximum atomic E-state index is 12.3. The molecule has 31 heavy (non-hydrogen) atoms. The summed E-state index contributed by atoms with van der Waals surface area (Å²) < 4.78 is 11.0. The maximum Gasteiger partial charge on any atom is 0.319 e. The summed E-state index contributed by atoms with van der Waals surface area (Å²) in [5.74, 6) is 0.418. The first-order valence-electron chi connectivity index (χ1n) is 10.4. The number of hydrogen-bond acceptors (Lipinski definition) is 7. The molecule has 3 rings (SSSR count). The second-order valence-electron chi connectivity index (χ2n) is 7.64. The SMILES string of the molecule is Cc1noc(C)c1NC(=O)NCC[C@H]1CC[C@@H](NC(=O)Cc2cccnc2)[C@@H](CO)O1. The van der Waals surface area contributed by atoms with Gasteiger partial charge in [0.1, 0.15) is 17.5 Å². The average molecular weight is 431 g/mol. The van der Waals surface area contributed by atoms with Crippen LogP contribution in [-0.4, -0.2) is 58.6 Å². The molecular formula is C21H29N5O5. The Labute approximate surface area is 180 Å². The lowest BCUT2D eigenvalue weighted by Gasteiger charge is -2.36. The number of hydrogen-bond donors (Lipinski definition) is 4. The van der Waals surface area contributed by atoms with Crippen LogP contribution in [0.1, 0.15) is 36.3 Å². The van der Waals surface area contributed by atoms with E-state index in [0.717, 1.165) is 12.0 Å². The maximum absolute atomic E-state index is 12.3. The van der Waals surface area contributed by atoms with Crippen molar-refractivity contribution in [3.8, 4) is 0 Å². The molecule has 168 valence electrons.